The molecule has 0 amide bonds. The van der Waals surface area contributed by atoms with E-state index in [0.29, 0.717) is 3.97 Å². The first-order valence-electron chi connectivity index (χ1n) is 5.52. The van der Waals surface area contributed by atoms with Gasteiger partial charge in [-0.05, 0) is 25.5 Å². The van der Waals surface area contributed by atoms with Crippen molar-refractivity contribution in [3.05, 3.63) is 48.3 Å². The van der Waals surface area contributed by atoms with Crippen LogP contribution in [0.4, 0.5) is 13.2 Å². The fourth-order valence-electron chi connectivity index (χ4n) is 1.92. The molecule has 1 heterocycles. The van der Waals surface area contributed by atoms with Crippen molar-refractivity contribution in [2.24, 2.45) is 0 Å². The smallest absolute Gasteiger partial charge is 0.240 e. The van der Waals surface area contributed by atoms with E-state index in [2.05, 4.69) is 0 Å². The predicted octanol–water partition coefficient (Wildman–Crippen LogP) is 2.96. The molecule has 0 N–H and O–H groups in total. The summed E-state index contributed by atoms with van der Waals surface area (Å²) in [6.07, 6.45) is 2.57. The predicted molar refractivity (Wildman–Crippen MR) is 65.1 cm³/mol. The van der Waals surface area contributed by atoms with Gasteiger partial charge in [-0.15, -0.1) is 0 Å². The van der Waals surface area contributed by atoms with Gasteiger partial charge in [0.15, 0.2) is 0 Å². The first kappa shape index (κ1) is 13.9. The topological polar surface area (TPSA) is 39.1 Å². The summed E-state index contributed by atoms with van der Waals surface area (Å²) in [5.74, 6) is 0. The summed E-state index contributed by atoms with van der Waals surface area (Å²) in [7, 11) is -4.17. The molecule has 1 aliphatic rings. The van der Waals surface area contributed by atoms with Gasteiger partial charge in [-0.2, -0.15) is 13.2 Å². The fourth-order valence-corrected chi connectivity index (χ4v) is 3.58. The molecule has 0 fully saturated rings. The van der Waals surface area contributed by atoms with Crippen LogP contribution in [0.15, 0.2) is 42.6 Å². The minimum atomic E-state index is -4.71. The highest BCUT2D eigenvalue weighted by Crippen LogP contribution is 2.35. The highest BCUT2D eigenvalue weighted by atomic mass is 32.2. The van der Waals surface area contributed by atoms with Crippen molar-refractivity contribution in [2.45, 2.75) is 24.3 Å². The molecule has 1 aromatic heterocycles. The summed E-state index contributed by atoms with van der Waals surface area (Å²) < 4.78 is 62.1. The lowest BCUT2D eigenvalue weighted by molar-refractivity contribution is -0.141. The lowest BCUT2D eigenvalue weighted by atomic mass is 10.0. The Labute approximate surface area is 109 Å². The summed E-state index contributed by atoms with van der Waals surface area (Å²) in [4.78, 5) is 0. The first-order valence-corrected chi connectivity index (χ1v) is 6.96. The average Bonchev–Trinajstić information content (AvgIpc) is 2.78. The van der Waals surface area contributed by atoms with Crippen LogP contribution in [0.25, 0.3) is 0 Å². The first-order chi connectivity index (χ1) is 8.68. The summed E-state index contributed by atoms with van der Waals surface area (Å²) >= 11 is 0. The van der Waals surface area contributed by atoms with Crippen molar-refractivity contribution in [3.63, 3.8) is 0 Å². The van der Waals surface area contributed by atoms with Gasteiger partial charge in [-0.25, -0.2) is 12.4 Å². The Kier molecular flexibility index (Phi) is 3.12. The second-order valence-corrected chi connectivity index (χ2v) is 6.77. The Bertz CT molecular complexity index is 640. The van der Waals surface area contributed by atoms with Crippen LogP contribution in [0.5, 0.6) is 0 Å². The molecule has 1 unspecified atom stereocenters. The maximum Gasteiger partial charge on any atom is 0.432 e. The van der Waals surface area contributed by atoms with Crippen molar-refractivity contribution < 1.29 is 21.6 Å². The van der Waals surface area contributed by atoms with E-state index < -0.39 is 26.6 Å². The quantitative estimate of drug-likeness (QED) is 0.840. The highest BCUT2D eigenvalue weighted by Gasteiger charge is 2.43. The number of alkyl halides is 3. The van der Waals surface area contributed by atoms with Crippen LogP contribution in [0.1, 0.15) is 19.0 Å². The van der Waals surface area contributed by atoms with Gasteiger partial charge in [-0.1, -0.05) is 24.3 Å². The maximum absolute atomic E-state index is 12.8. The van der Waals surface area contributed by atoms with Gasteiger partial charge in [0.2, 0.25) is 10.0 Å². The van der Waals surface area contributed by atoms with E-state index in [1.807, 2.05) is 0 Å². The van der Waals surface area contributed by atoms with E-state index in [4.69, 9.17) is 0 Å². The van der Waals surface area contributed by atoms with E-state index in [9.17, 15) is 21.6 Å². The van der Waals surface area contributed by atoms with Crippen molar-refractivity contribution in [1.29, 1.82) is 0 Å². The van der Waals surface area contributed by atoms with Gasteiger partial charge in [0.05, 0.1) is 0 Å². The van der Waals surface area contributed by atoms with Gasteiger partial charge in [0, 0.05) is 6.20 Å². The number of hydrogen-bond donors (Lipinski definition) is 0. The molecule has 0 radical (unpaired) electrons. The number of halogens is 3. The Morgan fingerprint density at radius 1 is 1.32 bits per heavy atom. The molecule has 0 bridgehead atoms. The molecule has 1 aliphatic carbocycles. The SMILES string of the molecule is CC1(S(=O)(=O)n2cccc2C(F)(F)F)C=CC=CC1. The molecule has 2 rings (SSSR count). The minimum Gasteiger partial charge on any atom is -0.240 e. The fraction of sp³-hybridized carbons (Fsp3) is 0.333. The molecule has 0 aromatic carbocycles. The Balaban J connectivity index is 2.56. The monoisotopic (exact) mass is 291 g/mol. The van der Waals surface area contributed by atoms with Crippen LogP contribution in [-0.2, 0) is 16.2 Å². The van der Waals surface area contributed by atoms with Gasteiger partial charge in [0.25, 0.3) is 0 Å². The molecule has 1 aromatic rings. The summed E-state index contributed by atoms with van der Waals surface area (Å²) in [6, 6.07) is 1.83. The largest absolute Gasteiger partial charge is 0.432 e. The third-order valence-corrected chi connectivity index (χ3v) is 5.39. The molecular formula is C12H12F3NO2S. The second-order valence-electron chi connectivity index (χ2n) is 4.50. The Morgan fingerprint density at radius 3 is 2.53 bits per heavy atom. The van der Waals surface area contributed by atoms with Gasteiger partial charge in [0.1, 0.15) is 10.4 Å². The third kappa shape index (κ3) is 2.22. The molecule has 1 atom stereocenters. The zero-order valence-corrected chi connectivity index (χ0v) is 10.9. The Morgan fingerprint density at radius 2 is 2.00 bits per heavy atom. The lowest BCUT2D eigenvalue weighted by Crippen LogP contribution is -2.39. The second kappa shape index (κ2) is 4.26. The third-order valence-electron chi connectivity index (χ3n) is 3.07. The standard InChI is InChI=1S/C12H12F3NO2S/c1-11(7-3-2-4-8-11)19(17,18)16-9-5-6-10(16)12(13,14)15/h2-7,9H,8H2,1H3. The molecule has 0 aliphatic heterocycles. The van der Waals surface area contributed by atoms with Crippen LogP contribution in [0, 0.1) is 0 Å². The van der Waals surface area contributed by atoms with E-state index in [1.165, 1.54) is 19.1 Å². The average molecular weight is 291 g/mol. The maximum atomic E-state index is 12.8. The van der Waals surface area contributed by atoms with Gasteiger partial charge in [-0.3, -0.25) is 0 Å². The highest BCUT2D eigenvalue weighted by molar-refractivity contribution is 7.91. The number of nitrogens with zero attached hydrogens (tertiary/aromatic N) is 1. The molecule has 7 heteroatoms. The molecular weight excluding hydrogens is 279 g/mol. The molecule has 0 saturated carbocycles. The number of hydrogen-bond acceptors (Lipinski definition) is 2. The van der Waals surface area contributed by atoms with E-state index in [1.54, 1.807) is 12.2 Å². The molecule has 3 nitrogen and oxygen atoms in total. The summed E-state index contributed by atoms with van der Waals surface area (Å²) in [5, 5.41) is 0. The van der Waals surface area contributed by atoms with Crippen LogP contribution < -0.4 is 0 Å². The van der Waals surface area contributed by atoms with Crippen LogP contribution >= 0.6 is 0 Å². The van der Waals surface area contributed by atoms with Crippen LogP contribution in [-0.4, -0.2) is 17.1 Å². The van der Waals surface area contributed by atoms with Crippen LogP contribution in [0.2, 0.25) is 0 Å². The molecule has 0 spiro atoms. The zero-order valence-electron chi connectivity index (χ0n) is 10.1. The van der Waals surface area contributed by atoms with E-state index >= 15 is 0 Å². The number of rotatable bonds is 2. The summed E-state index contributed by atoms with van der Waals surface area (Å²) in [5.41, 5.74) is -1.18. The van der Waals surface area contributed by atoms with Crippen molar-refractivity contribution >= 4 is 10.0 Å². The molecule has 19 heavy (non-hydrogen) atoms. The van der Waals surface area contributed by atoms with Crippen molar-refractivity contribution in [2.75, 3.05) is 0 Å². The minimum absolute atomic E-state index is 0.140. The number of allylic oxidation sites excluding steroid dienone is 3. The van der Waals surface area contributed by atoms with Gasteiger partial charge >= 0.3 is 6.18 Å². The van der Waals surface area contributed by atoms with E-state index in [-0.39, 0.29) is 6.42 Å². The number of aromatic nitrogens is 1. The van der Waals surface area contributed by atoms with Gasteiger partial charge < -0.3 is 0 Å². The van der Waals surface area contributed by atoms with Crippen molar-refractivity contribution in [3.8, 4) is 0 Å². The Hall–Kier alpha value is -1.50. The van der Waals surface area contributed by atoms with Crippen molar-refractivity contribution in [1.82, 2.24) is 3.97 Å². The van der Waals surface area contributed by atoms with Crippen LogP contribution in [0.3, 0.4) is 0 Å². The summed E-state index contributed by atoms with van der Waals surface area (Å²) in [6.45, 7) is 1.41. The molecule has 0 saturated heterocycles. The normalized spacial score (nSPS) is 23.8. The molecule has 104 valence electrons. The zero-order chi connectivity index (χ0) is 14.3. The lowest BCUT2D eigenvalue weighted by Gasteiger charge is -2.28. The van der Waals surface area contributed by atoms with E-state index in [0.717, 1.165) is 18.3 Å².